The van der Waals surface area contributed by atoms with Crippen molar-refractivity contribution < 1.29 is 4.79 Å². The van der Waals surface area contributed by atoms with Crippen molar-refractivity contribution in [3.8, 4) is 11.1 Å². The molecule has 12 heteroatoms. The van der Waals surface area contributed by atoms with Gasteiger partial charge < -0.3 is 43.0 Å². The minimum absolute atomic E-state index is 0.0721. The Balaban J connectivity index is 0.000000329. The molecule has 1 saturated heterocycles. The number of carbonyl (C=O) groups excluding carboxylic acids is 1. The van der Waals surface area contributed by atoms with Crippen LogP contribution in [0.1, 0.15) is 72.2 Å². The lowest BCUT2D eigenvalue weighted by molar-refractivity contribution is 0.186. The summed E-state index contributed by atoms with van der Waals surface area (Å²) in [6, 6.07) is 8.08. The molecule has 0 radical (unpaired) electrons. The number of rotatable bonds is 10. The molecule has 1 aliphatic rings. The first-order valence-electron chi connectivity index (χ1n) is 15.1. The predicted octanol–water partition coefficient (Wildman–Crippen LogP) is 1.99. The van der Waals surface area contributed by atoms with Gasteiger partial charge in [-0.3, -0.25) is 9.79 Å². The third-order valence-corrected chi connectivity index (χ3v) is 6.68. The second kappa shape index (κ2) is 17.0. The minimum atomic E-state index is -0.186. The first-order valence-corrected chi connectivity index (χ1v) is 15.1. The van der Waals surface area contributed by atoms with Gasteiger partial charge in [0, 0.05) is 55.9 Å². The highest BCUT2D eigenvalue weighted by Crippen LogP contribution is 2.19. The van der Waals surface area contributed by atoms with E-state index in [0.29, 0.717) is 24.5 Å². The fourth-order valence-corrected chi connectivity index (χ4v) is 4.55. The monoisotopic (exact) mass is 598 g/mol. The summed E-state index contributed by atoms with van der Waals surface area (Å²) in [6.07, 6.45) is 4.70. The highest BCUT2D eigenvalue weighted by atomic mass is 16.2. The molecule has 12 nitrogen and oxygen atoms in total. The van der Waals surface area contributed by atoms with E-state index >= 15 is 0 Å². The summed E-state index contributed by atoms with van der Waals surface area (Å²) in [6.45, 7) is 17.8. The Labute approximate surface area is 256 Å². The van der Waals surface area contributed by atoms with Crippen LogP contribution in [0, 0.1) is 0 Å². The molecular weight excluding hydrogens is 544 g/mol. The molecule has 1 aromatic heterocycles. The number of hydrogen-bond acceptors (Lipinski definition) is 7. The fourth-order valence-electron chi connectivity index (χ4n) is 4.55. The summed E-state index contributed by atoms with van der Waals surface area (Å²) in [7, 11) is 0. The van der Waals surface area contributed by atoms with Gasteiger partial charge in [-0.05, 0) is 64.3 Å². The number of nitrogens with two attached hydrogens (primary N) is 3. The number of guanidine groups is 1. The standard InChI is InChI=1S/C19H28N6O.C12H26N4O/c1-19(2,3)17-24-12-15(16(26)25-17)14-7-5-13(6-8-14)11-22-9-4-10-23-18(20)21;1-12(2,3)15-11(17)14-10-5-4-7-16(9-10)8-6-13/h5-8,12,22H,4,9-11H2,1-3H3,(H4,20,21,23)(H,24,25,26);10H,4-9,13H2,1-3H3,(H2,14,15,17)/t;10-/m.0/s1. The zero-order valence-corrected chi connectivity index (χ0v) is 26.9. The Morgan fingerprint density at radius 2 is 1.84 bits per heavy atom. The Morgan fingerprint density at radius 1 is 1.14 bits per heavy atom. The maximum absolute atomic E-state index is 12.4. The Hall–Kier alpha value is -3.48. The van der Waals surface area contributed by atoms with Crippen LogP contribution >= 0.6 is 0 Å². The number of H-pyrrole nitrogens is 1. The van der Waals surface area contributed by atoms with Gasteiger partial charge in [0.1, 0.15) is 5.82 Å². The fraction of sp³-hybridized carbons (Fsp3) is 0.613. The zero-order valence-electron chi connectivity index (χ0n) is 26.9. The number of benzene rings is 1. The zero-order chi connectivity index (χ0) is 32.0. The van der Waals surface area contributed by atoms with Crippen LogP contribution in [0.3, 0.4) is 0 Å². The molecule has 0 aliphatic carbocycles. The number of nitrogens with one attached hydrogen (secondary N) is 4. The van der Waals surface area contributed by atoms with Crippen molar-refractivity contribution in [3.63, 3.8) is 0 Å². The number of piperidine rings is 1. The molecule has 1 aromatic carbocycles. The highest BCUT2D eigenvalue weighted by molar-refractivity contribution is 5.75. The van der Waals surface area contributed by atoms with E-state index in [2.05, 4.69) is 35.8 Å². The third-order valence-electron chi connectivity index (χ3n) is 6.68. The van der Waals surface area contributed by atoms with Crippen molar-refractivity contribution in [3.05, 3.63) is 52.2 Å². The maximum atomic E-state index is 12.4. The van der Waals surface area contributed by atoms with Gasteiger partial charge in [0.05, 0.1) is 5.56 Å². The molecule has 1 aliphatic heterocycles. The number of hydrogen-bond donors (Lipinski definition) is 7. The van der Waals surface area contributed by atoms with E-state index in [0.717, 1.165) is 63.1 Å². The number of carbonyl (C=O) groups is 1. The Bertz CT molecular complexity index is 1210. The smallest absolute Gasteiger partial charge is 0.315 e. The largest absolute Gasteiger partial charge is 0.370 e. The van der Waals surface area contributed by atoms with Gasteiger partial charge in [0.2, 0.25) is 0 Å². The molecule has 0 unspecified atom stereocenters. The number of aliphatic imine (C=N–C) groups is 1. The number of nitrogens with zero attached hydrogens (tertiary/aromatic N) is 3. The SMILES string of the molecule is CC(C)(C)NC(=O)N[C@H]1CCCN(CCN)C1.CC(C)(C)c1ncc(-c2ccc(CNCCCN=C(N)N)cc2)c(=O)[nH]1. The van der Waals surface area contributed by atoms with Crippen LogP contribution in [0.2, 0.25) is 0 Å². The van der Waals surface area contributed by atoms with E-state index < -0.39 is 0 Å². The molecule has 0 bridgehead atoms. The first-order chi connectivity index (χ1) is 20.2. The van der Waals surface area contributed by atoms with E-state index in [1.165, 1.54) is 0 Å². The summed E-state index contributed by atoms with van der Waals surface area (Å²) >= 11 is 0. The van der Waals surface area contributed by atoms with Crippen LogP contribution in [0.4, 0.5) is 4.79 Å². The van der Waals surface area contributed by atoms with Crippen molar-refractivity contribution in [2.75, 3.05) is 39.3 Å². The average Bonchev–Trinajstić information content (AvgIpc) is 2.90. The van der Waals surface area contributed by atoms with Gasteiger partial charge in [-0.25, -0.2) is 9.78 Å². The van der Waals surface area contributed by atoms with Crippen LogP contribution < -0.4 is 38.7 Å². The lowest BCUT2D eigenvalue weighted by Gasteiger charge is -2.33. The molecule has 1 atom stereocenters. The molecule has 3 rings (SSSR count). The Morgan fingerprint density at radius 3 is 2.42 bits per heavy atom. The molecule has 2 aromatic rings. The van der Waals surface area contributed by atoms with Crippen molar-refractivity contribution in [1.82, 2.24) is 30.8 Å². The molecule has 2 heterocycles. The van der Waals surface area contributed by atoms with Crippen LogP contribution in [0.25, 0.3) is 11.1 Å². The highest BCUT2D eigenvalue weighted by Gasteiger charge is 2.22. The van der Waals surface area contributed by atoms with Gasteiger partial charge in [-0.2, -0.15) is 0 Å². The summed E-state index contributed by atoms with van der Waals surface area (Å²) < 4.78 is 0. The normalized spacial score (nSPS) is 15.7. The van der Waals surface area contributed by atoms with Crippen LogP contribution in [0.15, 0.2) is 40.2 Å². The third kappa shape index (κ3) is 14.0. The number of aromatic nitrogens is 2. The lowest BCUT2D eigenvalue weighted by Crippen LogP contribution is -2.54. The van der Waals surface area contributed by atoms with Crippen LogP contribution in [-0.2, 0) is 12.0 Å². The van der Waals surface area contributed by atoms with E-state index in [4.69, 9.17) is 17.2 Å². The molecule has 0 spiro atoms. The van der Waals surface area contributed by atoms with Gasteiger partial charge in [-0.1, -0.05) is 45.0 Å². The lowest BCUT2D eigenvalue weighted by atomic mass is 9.95. The summed E-state index contributed by atoms with van der Waals surface area (Å²) in [4.78, 5) is 37.6. The van der Waals surface area contributed by atoms with Crippen molar-refractivity contribution in [1.29, 1.82) is 0 Å². The molecule has 43 heavy (non-hydrogen) atoms. The van der Waals surface area contributed by atoms with Gasteiger partial charge in [0.15, 0.2) is 5.96 Å². The van der Waals surface area contributed by atoms with E-state index in [-0.39, 0.29) is 34.5 Å². The van der Waals surface area contributed by atoms with Crippen LogP contribution in [0.5, 0.6) is 0 Å². The van der Waals surface area contributed by atoms with Crippen molar-refractivity contribution in [2.24, 2.45) is 22.2 Å². The molecule has 240 valence electrons. The number of likely N-dealkylation sites (tertiary alicyclic amines) is 1. The second-order valence-electron chi connectivity index (χ2n) is 13.0. The molecule has 10 N–H and O–H groups in total. The maximum Gasteiger partial charge on any atom is 0.315 e. The summed E-state index contributed by atoms with van der Waals surface area (Å²) in [5.74, 6) is 0.813. The summed E-state index contributed by atoms with van der Waals surface area (Å²) in [5, 5.41) is 9.29. The molecular formula is C31H54N10O2. The van der Waals surface area contributed by atoms with E-state index in [1.54, 1.807) is 6.20 Å². The Kier molecular flexibility index (Phi) is 14.1. The van der Waals surface area contributed by atoms with Gasteiger partial charge in [-0.15, -0.1) is 0 Å². The first kappa shape index (κ1) is 35.7. The van der Waals surface area contributed by atoms with E-state index in [9.17, 15) is 9.59 Å². The average molecular weight is 599 g/mol. The quantitative estimate of drug-likeness (QED) is 0.123. The molecule has 2 amide bonds. The second-order valence-corrected chi connectivity index (χ2v) is 13.0. The predicted molar refractivity (Wildman–Crippen MR) is 176 cm³/mol. The number of amides is 2. The van der Waals surface area contributed by atoms with Gasteiger partial charge in [0.25, 0.3) is 5.56 Å². The minimum Gasteiger partial charge on any atom is -0.370 e. The van der Waals surface area contributed by atoms with Crippen molar-refractivity contribution >= 4 is 12.0 Å². The van der Waals surface area contributed by atoms with Gasteiger partial charge >= 0.3 is 6.03 Å². The molecule has 0 saturated carbocycles. The summed E-state index contributed by atoms with van der Waals surface area (Å²) in [5.41, 5.74) is 18.2. The van der Waals surface area contributed by atoms with Crippen molar-refractivity contribution in [2.45, 2.75) is 84.3 Å². The topological polar surface area (TPSA) is 193 Å². The molecule has 1 fully saturated rings. The number of urea groups is 1. The van der Waals surface area contributed by atoms with Crippen LogP contribution in [-0.4, -0.2) is 77.7 Å². The number of aromatic amines is 1. The van der Waals surface area contributed by atoms with E-state index in [1.807, 2.05) is 65.8 Å².